The highest BCUT2D eigenvalue weighted by atomic mass is 35.5. The number of anilines is 2. The van der Waals surface area contributed by atoms with E-state index < -0.39 is 0 Å². The van der Waals surface area contributed by atoms with Gasteiger partial charge in [0.15, 0.2) is 0 Å². The van der Waals surface area contributed by atoms with Crippen molar-refractivity contribution in [2.24, 2.45) is 0 Å². The smallest absolute Gasteiger partial charge is 0.319 e. The zero-order chi connectivity index (χ0) is 17.9. The molecule has 2 rings (SSSR count). The lowest BCUT2D eigenvalue weighted by Crippen LogP contribution is -2.28. The number of amides is 3. The number of carbonyl (C=O) groups excluding carboxylic acids is 2. The lowest BCUT2D eigenvalue weighted by atomic mass is 10.2. The zero-order valence-corrected chi connectivity index (χ0v) is 16.7. The van der Waals surface area contributed by atoms with Gasteiger partial charge in [-0.15, -0.1) is 24.8 Å². The second-order valence-corrected chi connectivity index (χ2v) is 5.50. The number of benzene rings is 1. The number of pyridine rings is 1. The largest absolute Gasteiger partial charge is 0.334 e. The van der Waals surface area contributed by atoms with Crippen molar-refractivity contribution >= 4 is 48.1 Å². The van der Waals surface area contributed by atoms with Crippen molar-refractivity contribution in [1.29, 1.82) is 0 Å². The van der Waals surface area contributed by atoms with Gasteiger partial charge in [0.2, 0.25) is 5.91 Å². The first kappa shape index (κ1) is 24.7. The average molecular weight is 414 g/mol. The summed E-state index contributed by atoms with van der Waals surface area (Å²) < 4.78 is 0. The van der Waals surface area contributed by atoms with E-state index in [-0.39, 0.29) is 36.8 Å². The molecule has 27 heavy (non-hydrogen) atoms. The predicted octanol–water partition coefficient (Wildman–Crippen LogP) is 3.19. The van der Waals surface area contributed by atoms with Crippen LogP contribution in [-0.2, 0) is 11.3 Å². The molecule has 7 nitrogen and oxygen atoms in total. The Hall–Kier alpha value is -2.35. The second kappa shape index (κ2) is 13.8. The van der Waals surface area contributed by atoms with Gasteiger partial charge in [0.05, 0.1) is 0 Å². The summed E-state index contributed by atoms with van der Waals surface area (Å²) in [5, 5.41) is 11.4. The number of rotatable bonds is 8. The van der Waals surface area contributed by atoms with Crippen LogP contribution >= 0.6 is 24.8 Å². The minimum atomic E-state index is -0.311. The summed E-state index contributed by atoms with van der Waals surface area (Å²) in [4.78, 5) is 27.7. The quantitative estimate of drug-likeness (QED) is 0.499. The molecule has 2 aromatic rings. The van der Waals surface area contributed by atoms with Crippen LogP contribution in [0.15, 0.2) is 48.8 Å². The van der Waals surface area contributed by atoms with Crippen LogP contribution in [0.3, 0.4) is 0 Å². The van der Waals surface area contributed by atoms with Crippen LogP contribution in [0.2, 0.25) is 0 Å². The van der Waals surface area contributed by atoms with E-state index in [1.54, 1.807) is 36.7 Å². The van der Waals surface area contributed by atoms with Gasteiger partial charge in [-0.3, -0.25) is 9.78 Å². The molecule has 0 bridgehead atoms. The summed E-state index contributed by atoms with van der Waals surface area (Å²) in [7, 11) is 1.85. The number of nitrogens with one attached hydrogen (secondary N) is 4. The number of hydrogen-bond acceptors (Lipinski definition) is 4. The van der Waals surface area contributed by atoms with Crippen LogP contribution in [0.4, 0.5) is 16.2 Å². The van der Waals surface area contributed by atoms with Crippen LogP contribution in [0, 0.1) is 0 Å². The number of nitrogens with zero attached hydrogens (tertiary/aromatic N) is 1. The summed E-state index contributed by atoms with van der Waals surface area (Å²) in [6, 6.07) is 10.4. The van der Waals surface area contributed by atoms with E-state index in [2.05, 4.69) is 26.3 Å². The summed E-state index contributed by atoms with van der Waals surface area (Å²) >= 11 is 0. The van der Waals surface area contributed by atoms with E-state index in [0.717, 1.165) is 18.5 Å². The zero-order valence-electron chi connectivity index (χ0n) is 15.0. The van der Waals surface area contributed by atoms with E-state index in [0.29, 0.717) is 24.3 Å². The molecule has 9 heteroatoms. The lowest BCUT2D eigenvalue weighted by Gasteiger charge is -2.10. The van der Waals surface area contributed by atoms with Gasteiger partial charge in [-0.25, -0.2) is 4.79 Å². The SMILES string of the molecule is CNCCCC(=O)Nc1cccc(NC(=O)NCc2ccncc2)c1.Cl.Cl. The van der Waals surface area contributed by atoms with Gasteiger partial charge in [-0.2, -0.15) is 0 Å². The number of halogens is 2. The fourth-order valence-electron chi connectivity index (χ4n) is 2.18. The van der Waals surface area contributed by atoms with Crippen LogP contribution in [0.25, 0.3) is 0 Å². The first-order valence-electron chi connectivity index (χ1n) is 8.15. The first-order chi connectivity index (χ1) is 12.2. The molecule has 0 aliphatic heterocycles. The number of hydrogen-bond donors (Lipinski definition) is 4. The minimum absolute atomic E-state index is 0. The van der Waals surface area contributed by atoms with Gasteiger partial charge in [0.25, 0.3) is 0 Å². The summed E-state index contributed by atoms with van der Waals surface area (Å²) in [6.07, 6.45) is 4.58. The molecule has 0 radical (unpaired) electrons. The first-order valence-corrected chi connectivity index (χ1v) is 8.15. The fourth-order valence-corrected chi connectivity index (χ4v) is 2.18. The van der Waals surface area contributed by atoms with Gasteiger partial charge < -0.3 is 21.3 Å². The topological polar surface area (TPSA) is 95.2 Å². The number of carbonyl (C=O) groups is 2. The minimum Gasteiger partial charge on any atom is -0.334 e. The maximum atomic E-state index is 12.0. The molecule has 148 valence electrons. The van der Waals surface area contributed by atoms with Crippen molar-refractivity contribution in [3.05, 3.63) is 54.4 Å². The van der Waals surface area contributed by atoms with Crippen LogP contribution in [-0.4, -0.2) is 30.5 Å². The summed E-state index contributed by atoms with van der Waals surface area (Å²) in [6.45, 7) is 1.21. The van der Waals surface area contributed by atoms with Gasteiger partial charge in [0, 0.05) is 36.7 Å². The molecular formula is C18H25Cl2N5O2. The maximum Gasteiger partial charge on any atom is 0.319 e. The molecule has 0 saturated carbocycles. The van der Waals surface area contributed by atoms with Crippen LogP contribution < -0.4 is 21.3 Å². The third-order valence-electron chi connectivity index (χ3n) is 3.44. The van der Waals surface area contributed by atoms with E-state index in [1.807, 2.05) is 19.2 Å². The predicted molar refractivity (Wildman–Crippen MR) is 113 cm³/mol. The molecule has 1 heterocycles. The van der Waals surface area contributed by atoms with E-state index in [1.165, 1.54) is 0 Å². The Labute approximate surface area is 171 Å². The maximum absolute atomic E-state index is 12.0. The second-order valence-electron chi connectivity index (χ2n) is 5.50. The van der Waals surface area contributed by atoms with Crippen molar-refractivity contribution in [3.63, 3.8) is 0 Å². The van der Waals surface area contributed by atoms with Crippen LogP contribution in [0.1, 0.15) is 18.4 Å². The Morgan fingerprint density at radius 2 is 1.67 bits per heavy atom. The normalized spacial score (nSPS) is 9.37. The molecule has 4 N–H and O–H groups in total. The molecule has 0 spiro atoms. The highest BCUT2D eigenvalue weighted by Gasteiger charge is 2.05. The van der Waals surface area contributed by atoms with Crippen LogP contribution in [0.5, 0.6) is 0 Å². The van der Waals surface area contributed by atoms with Crippen molar-refractivity contribution in [3.8, 4) is 0 Å². The molecular weight excluding hydrogens is 389 g/mol. The molecule has 0 atom stereocenters. The Morgan fingerprint density at radius 1 is 1.00 bits per heavy atom. The average Bonchev–Trinajstić information content (AvgIpc) is 2.61. The molecule has 1 aromatic carbocycles. The monoisotopic (exact) mass is 413 g/mol. The van der Waals surface area contributed by atoms with Crippen molar-refractivity contribution in [1.82, 2.24) is 15.6 Å². The highest BCUT2D eigenvalue weighted by molar-refractivity contribution is 5.93. The number of urea groups is 1. The Bertz CT molecular complexity index is 701. The molecule has 0 aliphatic carbocycles. The standard InChI is InChI=1S/C18H23N5O2.2ClH/c1-19-9-3-6-17(24)22-15-4-2-5-16(12-15)23-18(25)21-13-14-7-10-20-11-8-14;;/h2,4-5,7-8,10-12,19H,3,6,9,13H2,1H3,(H,22,24)(H2,21,23,25);2*1H. The van der Waals surface area contributed by atoms with Crippen molar-refractivity contribution in [2.75, 3.05) is 24.2 Å². The third-order valence-corrected chi connectivity index (χ3v) is 3.44. The van der Waals surface area contributed by atoms with Gasteiger partial charge >= 0.3 is 6.03 Å². The fraction of sp³-hybridized carbons (Fsp3) is 0.278. The Balaban J connectivity index is 0.00000338. The molecule has 0 fully saturated rings. The van der Waals surface area contributed by atoms with Crippen molar-refractivity contribution < 1.29 is 9.59 Å². The molecule has 3 amide bonds. The Kier molecular flexibility index (Phi) is 12.6. The number of aromatic nitrogens is 1. The molecule has 0 saturated heterocycles. The molecule has 1 aromatic heterocycles. The highest BCUT2D eigenvalue weighted by Crippen LogP contribution is 2.15. The van der Waals surface area contributed by atoms with E-state index >= 15 is 0 Å². The lowest BCUT2D eigenvalue weighted by molar-refractivity contribution is -0.116. The van der Waals surface area contributed by atoms with Gasteiger partial charge in [-0.1, -0.05) is 6.07 Å². The Morgan fingerprint density at radius 3 is 2.33 bits per heavy atom. The van der Waals surface area contributed by atoms with Crippen molar-refractivity contribution in [2.45, 2.75) is 19.4 Å². The molecule has 0 unspecified atom stereocenters. The van der Waals surface area contributed by atoms with E-state index in [4.69, 9.17) is 0 Å². The van der Waals surface area contributed by atoms with E-state index in [9.17, 15) is 9.59 Å². The van der Waals surface area contributed by atoms with Gasteiger partial charge in [-0.05, 0) is 55.9 Å². The summed E-state index contributed by atoms with van der Waals surface area (Å²) in [5.41, 5.74) is 2.23. The summed E-state index contributed by atoms with van der Waals surface area (Å²) in [5.74, 6) is -0.0467. The van der Waals surface area contributed by atoms with Gasteiger partial charge in [0.1, 0.15) is 0 Å². The third kappa shape index (κ3) is 9.79. The molecule has 0 aliphatic rings.